The number of piperidine rings is 1. The normalized spacial score (nSPS) is 23.3. The predicted octanol–water partition coefficient (Wildman–Crippen LogP) is 4.68. The summed E-state index contributed by atoms with van der Waals surface area (Å²) in [6.07, 6.45) is 3.33. The number of nitrogens with zero attached hydrogens (tertiary/aromatic N) is 1. The number of rotatable bonds is 5. The summed E-state index contributed by atoms with van der Waals surface area (Å²) in [7, 11) is 1.63. The van der Waals surface area contributed by atoms with E-state index < -0.39 is 6.67 Å². The van der Waals surface area contributed by atoms with Gasteiger partial charge in [0.05, 0.1) is 23.3 Å². The van der Waals surface area contributed by atoms with E-state index in [0.29, 0.717) is 17.5 Å². The predicted molar refractivity (Wildman–Crippen MR) is 104 cm³/mol. The van der Waals surface area contributed by atoms with Crippen LogP contribution in [-0.4, -0.2) is 50.1 Å². The molecule has 0 N–H and O–H groups in total. The van der Waals surface area contributed by atoms with Crippen LogP contribution in [-0.2, 0) is 11.2 Å². The summed E-state index contributed by atoms with van der Waals surface area (Å²) in [6, 6.07) is 2.45. The Labute approximate surface area is 164 Å². The standard InChI is InChI=1S/C20H29BrFNO3/c1-20(2,3)26-13-5-6-16-15-11-17(24-4)19(25-10-8-22)18(21)14(15)7-9-23(16)12-13/h11,13,16H,5-10,12H2,1-4H3. The van der Waals surface area contributed by atoms with Crippen LogP contribution in [0.4, 0.5) is 4.39 Å². The zero-order chi connectivity index (χ0) is 18.9. The van der Waals surface area contributed by atoms with E-state index in [2.05, 4.69) is 47.7 Å². The van der Waals surface area contributed by atoms with Gasteiger partial charge in [0.15, 0.2) is 11.5 Å². The molecule has 2 unspecified atom stereocenters. The molecule has 0 radical (unpaired) electrons. The Morgan fingerprint density at radius 3 is 2.73 bits per heavy atom. The lowest BCUT2D eigenvalue weighted by Gasteiger charge is -2.45. The summed E-state index contributed by atoms with van der Waals surface area (Å²) in [4.78, 5) is 2.52. The average molecular weight is 430 g/mol. The van der Waals surface area contributed by atoms with Crippen LogP contribution in [0.25, 0.3) is 0 Å². The maximum atomic E-state index is 12.6. The van der Waals surface area contributed by atoms with Gasteiger partial charge < -0.3 is 14.2 Å². The van der Waals surface area contributed by atoms with Crippen molar-refractivity contribution in [3.8, 4) is 11.5 Å². The van der Waals surface area contributed by atoms with Crippen LogP contribution in [0.2, 0.25) is 0 Å². The molecule has 0 saturated carbocycles. The Bertz CT molecular complexity index is 647. The minimum atomic E-state index is -0.516. The molecule has 6 heteroatoms. The van der Waals surface area contributed by atoms with Gasteiger partial charge in [-0.3, -0.25) is 4.90 Å². The molecule has 26 heavy (non-hydrogen) atoms. The Hall–Kier alpha value is -0.850. The van der Waals surface area contributed by atoms with Gasteiger partial charge in [0.2, 0.25) is 0 Å². The van der Waals surface area contributed by atoms with E-state index in [4.69, 9.17) is 14.2 Å². The molecular formula is C20H29BrFNO3. The first-order chi connectivity index (χ1) is 12.3. The zero-order valence-corrected chi connectivity index (χ0v) is 17.7. The van der Waals surface area contributed by atoms with Crippen LogP contribution in [0.5, 0.6) is 11.5 Å². The van der Waals surface area contributed by atoms with Gasteiger partial charge in [-0.1, -0.05) is 0 Å². The largest absolute Gasteiger partial charge is 0.493 e. The molecule has 0 bridgehead atoms. The van der Waals surface area contributed by atoms with Gasteiger partial charge in [-0.25, -0.2) is 4.39 Å². The van der Waals surface area contributed by atoms with Gasteiger partial charge in [-0.05, 0) is 73.2 Å². The number of halogens is 2. The van der Waals surface area contributed by atoms with Crippen molar-refractivity contribution in [3.63, 3.8) is 0 Å². The fourth-order valence-electron chi connectivity index (χ4n) is 4.10. The summed E-state index contributed by atoms with van der Waals surface area (Å²) < 4.78 is 30.8. The quantitative estimate of drug-likeness (QED) is 0.679. The van der Waals surface area contributed by atoms with Crippen LogP contribution in [0, 0.1) is 0 Å². The molecule has 3 rings (SSSR count). The summed E-state index contributed by atoms with van der Waals surface area (Å²) in [5, 5.41) is 0. The van der Waals surface area contributed by atoms with Crippen LogP contribution < -0.4 is 9.47 Å². The molecule has 2 heterocycles. The van der Waals surface area contributed by atoms with E-state index in [1.165, 1.54) is 11.1 Å². The van der Waals surface area contributed by atoms with Crippen LogP contribution in [0.15, 0.2) is 10.5 Å². The lowest BCUT2D eigenvalue weighted by Crippen LogP contribution is -2.47. The van der Waals surface area contributed by atoms with Crippen LogP contribution >= 0.6 is 15.9 Å². The van der Waals surface area contributed by atoms with Crippen molar-refractivity contribution in [1.82, 2.24) is 4.90 Å². The fourth-order valence-corrected chi connectivity index (χ4v) is 4.84. The topological polar surface area (TPSA) is 30.9 Å². The number of hydrogen-bond donors (Lipinski definition) is 0. The first-order valence-electron chi connectivity index (χ1n) is 9.34. The highest BCUT2D eigenvalue weighted by Gasteiger charge is 2.37. The molecule has 2 atom stereocenters. The molecule has 2 aliphatic rings. The number of alkyl halides is 1. The van der Waals surface area contributed by atoms with Crippen molar-refractivity contribution >= 4 is 15.9 Å². The zero-order valence-electron chi connectivity index (χ0n) is 16.1. The van der Waals surface area contributed by atoms with E-state index in [1.54, 1.807) is 7.11 Å². The lowest BCUT2D eigenvalue weighted by molar-refractivity contribution is -0.0971. The first kappa shape index (κ1) is 19.9. The number of methoxy groups -OCH3 is 1. The molecule has 2 aliphatic heterocycles. The number of ether oxygens (including phenoxy) is 3. The molecule has 0 amide bonds. The van der Waals surface area contributed by atoms with E-state index in [1.807, 2.05) is 0 Å². The maximum absolute atomic E-state index is 12.6. The van der Waals surface area contributed by atoms with Gasteiger partial charge in [0, 0.05) is 19.1 Å². The highest BCUT2D eigenvalue weighted by atomic mass is 79.9. The second-order valence-corrected chi connectivity index (χ2v) is 8.81. The van der Waals surface area contributed by atoms with Gasteiger partial charge in [-0.2, -0.15) is 0 Å². The Morgan fingerprint density at radius 2 is 2.08 bits per heavy atom. The third kappa shape index (κ3) is 4.18. The smallest absolute Gasteiger partial charge is 0.175 e. The highest BCUT2D eigenvalue weighted by Crippen LogP contribution is 2.47. The molecule has 1 aromatic rings. The van der Waals surface area contributed by atoms with Crippen molar-refractivity contribution in [2.45, 2.75) is 57.8 Å². The second kappa shape index (κ2) is 8.03. The maximum Gasteiger partial charge on any atom is 0.175 e. The first-order valence-corrected chi connectivity index (χ1v) is 10.1. The molecule has 4 nitrogen and oxygen atoms in total. The van der Waals surface area contributed by atoms with E-state index >= 15 is 0 Å². The highest BCUT2D eigenvalue weighted by molar-refractivity contribution is 9.10. The third-order valence-electron chi connectivity index (χ3n) is 5.04. The number of benzene rings is 1. The fraction of sp³-hybridized carbons (Fsp3) is 0.700. The van der Waals surface area contributed by atoms with Crippen molar-refractivity contribution in [1.29, 1.82) is 0 Å². The molecular weight excluding hydrogens is 401 g/mol. The average Bonchev–Trinajstić information content (AvgIpc) is 2.58. The minimum absolute atomic E-state index is 0.0368. The second-order valence-electron chi connectivity index (χ2n) is 8.02. The molecule has 1 fully saturated rings. The van der Waals surface area contributed by atoms with Crippen LogP contribution in [0.3, 0.4) is 0 Å². The summed E-state index contributed by atoms with van der Waals surface area (Å²) >= 11 is 3.69. The van der Waals surface area contributed by atoms with E-state index in [-0.39, 0.29) is 18.3 Å². The van der Waals surface area contributed by atoms with Crippen molar-refractivity contribution in [2.75, 3.05) is 33.5 Å². The molecule has 1 aromatic carbocycles. The SMILES string of the molecule is COc1cc2c(c(Br)c1OCCF)CCN1CC(OC(C)(C)C)CCC21. The van der Waals surface area contributed by atoms with Gasteiger partial charge in [-0.15, -0.1) is 0 Å². The van der Waals surface area contributed by atoms with Gasteiger partial charge in [0.25, 0.3) is 0 Å². The van der Waals surface area contributed by atoms with Crippen molar-refractivity contribution in [3.05, 3.63) is 21.7 Å². The molecule has 0 spiro atoms. The molecule has 0 aromatic heterocycles. The van der Waals surface area contributed by atoms with E-state index in [0.717, 1.165) is 36.8 Å². The minimum Gasteiger partial charge on any atom is -0.493 e. The monoisotopic (exact) mass is 429 g/mol. The Kier molecular flexibility index (Phi) is 6.14. The number of fused-ring (bicyclic) bond motifs is 3. The Morgan fingerprint density at radius 1 is 1.31 bits per heavy atom. The lowest BCUT2D eigenvalue weighted by atomic mass is 9.85. The third-order valence-corrected chi connectivity index (χ3v) is 5.87. The Balaban J connectivity index is 1.85. The van der Waals surface area contributed by atoms with E-state index in [9.17, 15) is 4.39 Å². The van der Waals surface area contributed by atoms with Gasteiger partial charge >= 0.3 is 0 Å². The molecule has 146 valence electrons. The summed E-state index contributed by atoms with van der Waals surface area (Å²) in [5.41, 5.74) is 2.44. The van der Waals surface area contributed by atoms with Crippen LogP contribution in [0.1, 0.15) is 50.8 Å². The molecule has 0 aliphatic carbocycles. The summed E-state index contributed by atoms with van der Waals surface area (Å²) in [6.45, 7) is 7.83. The molecule has 1 saturated heterocycles. The van der Waals surface area contributed by atoms with Gasteiger partial charge in [0.1, 0.15) is 13.3 Å². The van der Waals surface area contributed by atoms with Crippen molar-refractivity contribution in [2.24, 2.45) is 0 Å². The van der Waals surface area contributed by atoms with Crippen molar-refractivity contribution < 1.29 is 18.6 Å². The number of hydrogen-bond acceptors (Lipinski definition) is 4. The summed E-state index contributed by atoms with van der Waals surface area (Å²) in [5.74, 6) is 1.28.